The van der Waals surface area contributed by atoms with Gasteiger partial charge in [-0.25, -0.2) is 0 Å². The smallest absolute Gasteiger partial charge is 0.255 e. The van der Waals surface area contributed by atoms with Gasteiger partial charge in [0.2, 0.25) is 11.8 Å². The molecule has 0 spiro atoms. The minimum atomic E-state index is -1.33. The highest BCUT2D eigenvalue weighted by atomic mass is 28.3. The average molecular weight is 1020 g/mol. The normalized spacial score (nSPS) is 17.5. The molecule has 2 aromatic carbocycles. The number of fused-ring (bicyclic) bond motifs is 3. The summed E-state index contributed by atoms with van der Waals surface area (Å²) in [7, 11) is -0.537. The van der Waals surface area contributed by atoms with Crippen LogP contribution >= 0.6 is 0 Å². The number of rotatable bonds is 21. The fourth-order valence-electron chi connectivity index (χ4n) is 10.5. The summed E-state index contributed by atoms with van der Waals surface area (Å²) < 4.78 is 16.3. The molecule has 73 heavy (non-hydrogen) atoms. The van der Waals surface area contributed by atoms with E-state index in [1.54, 1.807) is 17.2 Å². The SMILES string of the molecule is Cc1nn(CCCCCCCC#Cc2cccc3c2CN(C2CCC(=O)N(COCC[Si](C)(C)C)C2=O)C3=O)c2cc(C(N)=O)cc(-c3cc4c(cn3)c(C#N)c([C@H]3CCCN3C)n4COCC[Si](C)(C)C)c12. The number of nitrogens with zero attached hydrogens (tertiary/aromatic N) is 8. The number of nitriles is 1. The third-order valence-electron chi connectivity index (χ3n) is 14.7. The zero-order chi connectivity index (χ0) is 52.2. The largest absolute Gasteiger partial charge is 0.366 e. The molecule has 0 radical (unpaired) electrons. The number of primary amides is 1. The number of amides is 4. The Kier molecular flexibility index (Phi) is 16.6. The third-order valence-corrected chi connectivity index (χ3v) is 18.1. The molecule has 17 heteroatoms. The molecular weight excluding hydrogens is 951 g/mol. The van der Waals surface area contributed by atoms with E-state index in [9.17, 15) is 24.4 Å². The van der Waals surface area contributed by atoms with Crippen molar-refractivity contribution in [3.63, 3.8) is 0 Å². The first-order valence-corrected chi connectivity index (χ1v) is 33.6. The van der Waals surface area contributed by atoms with Gasteiger partial charge in [0.15, 0.2) is 0 Å². The number of nitrogens with two attached hydrogens (primary N) is 1. The van der Waals surface area contributed by atoms with Crippen molar-refractivity contribution in [3.05, 3.63) is 81.8 Å². The van der Waals surface area contributed by atoms with Crippen LogP contribution in [0.15, 0.2) is 42.6 Å². The maximum Gasteiger partial charge on any atom is 0.255 e. The summed E-state index contributed by atoms with van der Waals surface area (Å²) in [6, 6.07) is 15.1. The first-order chi connectivity index (χ1) is 34.8. The Morgan fingerprint density at radius 2 is 1.62 bits per heavy atom. The number of aromatic nitrogens is 4. The average Bonchev–Trinajstić information content (AvgIpc) is 4.09. The highest BCUT2D eigenvalue weighted by Gasteiger charge is 2.43. The van der Waals surface area contributed by atoms with E-state index in [1.165, 1.54) is 4.90 Å². The number of aryl methyl sites for hydroxylation is 2. The van der Waals surface area contributed by atoms with Gasteiger partial charge in [0.1, 0.15) is 25.6 Å². The first kappa shape index (κ1) is 53.3. The van der Waals surface area contributed by atoms with Gasteiger partial charge in [-0.2, -0.15) is 10.4 Å². The highest BCUT2D eigenvalue weighted by Crippen LogP contribution is 2.40. The number of pyridine rings is 1. The summed E-state index contributed by atoms with van der Waals surface area (Å²) in [6.07, 6.45) is 9.86. The van der Waals surface area contributed by atoms with E-state index in [-0.39, 0.29) is 43.5 Å². The second-order valence-corrected chi connectivity index (χ2v) is 33.9. The van der Waals surface area contributed by atoms with Gasteiger partial charge in [-0.1, -0.05) is 76.5 Å². The molecule has 3 aliphatic heterocycles. The Balaban J connectivity index is 0.896. The molecule has 5 aromatic rings. The van der Waals surface area contributed by atoms with Crippen LogP contribution in [0.2, 0.25) is 51.4 Å². The van der Waals surface area contributed by atoms with Crippen LogP contribution in [0.5, 0.6) is 0 Å². The maximum absolute atomic E-state index is 13.6. The zero-order valence-corrected chi connectivity index (χ0v) is 46.2. The molecule has 0 aliphatic carbocycles. The number of piperidine rings is 1. The van der Waals surface area contributed by atoms with Crippen LogP contribution in [0.1, 0.15) is 119 Å². The minimum absolute atomic E-state index is 0.0824. The predicted octanol–water partition coefficient (Wildman–Crippen LogP) is 9.59. The van der Waals surface area contributed by atoms with Crippen molar-refractivity contribution in [2.75, 3.05) is 33.5 Å². The number of ether oxygens (including phenoxy) is 2. The van der Waals surface area contributed by atoms with Gasteiger partial charge in [0.05, 0.1) is 39.7 Å². The molecule has 8 rings (SSSR count). The molecule has 386 valence electrons. The van der Waals surface area contributed by atoms with Crippen LogP contribution in [0, 0.1) is 30.1 Å². The van der Waals surface area contributed by atoms with E-state index in [2.05, 4.69) is 73.7 Å². The number of carbonyl (C=O) groups is 4. The number of likely N-dealkylation sites (tertiary alicyclic amines) is 2. The van der Waals surface area contributed by atoms with E-state index in [0.29, 0.717) is 61.7 Å². The second-order valence-electron chi connectivity index (χ2n) is 22.6. The van der Waals surface area contributed by atoms with E-state index >= 15 is 0 Å². The molecule has 0 saturated carbocycles. The monoisotopic (exact) mass is 1020 g/mol. The van der Waals surface area contributed by atoms with Crippen molar-refractivity contribution in [2.24, 2.45) is 5.73 Å². The topological polar surface area (TPSA) is 182 Å². The molecule has 15 nitrogen and oxygen atoms in total. The highest BCUT2D eigenvalue weighted by molar-refractivity contribution is 6.76. The lowest BCUT2D eigenvalue weighted by molar-refractivity contribution is -0.158. The summed E-state index contributed by atoms with van der Waals surface area (Å²) in [5.41, 5.74) is 14.1. The van der Waals surface area contributed by atoms with Crippen LogP contribution in [-0.2, 0) is 38.9 Å². The standard InChI is InChI=1S/C56H73N9O6Si2/c1-38-52-42(46-32-49-44(34-59-46)43(33-57)53(47-21-17-24-61(47)2)63(49)36-70-26-28-72(3,4)5)30-40(54(58)67)31-50(52)65(60-38)25-15-13-11-9-10-12-14-18-39-19-16-20-41-45(39)35-62(55(41)68)48-22-23-51(66)64(56(48)69)37-71-27-29-73(6,7)8/h16,19-20,30-32,34,47-48H,9-13,15,17,21-29,35-37H2,1-8H3,(H2,58,67)/t47-,48?/m1/s1. The molecule has 2 fully saturated rings. The van der Waals surface area contributed by atoms with Crippen molar-refractivity contribution in [3.8, 4) is 29.2 Å². The Labute approximate surface area is 432 Å². The number of imide groups is 1. The molecular formula is C56H73N9O6Si2. The van der Waals surface area contributed by atoms with E-state index in [0.717, 1.165) is 113 Å². The summed E-state index contributed by atoms with van der Waals surface area (Å²) in [4.78, 5) is 62.9. The lowest BCUT2D eigenvalue weighted by Gasteiger charge is -2.35. The van der Waals surface area contributed by atoms with Crippen LogP contribution < -0.4 is 5.73 Å². The lowest BCUT2D eigenvalue weighted by atomic mass is 10.00. The van der Waals surface area contributed by atoms with Crippen LogP contribution in [0.3, 0.4) is 0 Å². The number of hydrogen-bond acceptors (Lipinski definition) is 10. The predicted molar refractivity (Wildman–Crippen MR) is 290 cm³/mol. The fourth-order valence-corrected chi connectivity index (χ4v) is 12.0. The van der Waals surface area contributed by atoms with Gasteiger partial charge in [-0.15, -0.1) is 0 Å². The summed E-state index contributed by atoms with van der Waals surface area (Å²) in [5.74, 6) is 5.28. The molecule has 3 aromatic heterocycles. The molecule has 3 aliphatic rings. The van der Waals surface area contributed by atoms with Crippen LogP contribution in [-0.4, -0.2) is 113 Å². The second kappa shape index (κ2) is 22.7. The van der Waals surface area contributed by atoms with Crippen molar-refractivity contribution >= 4 is 61.6 Å². The number of benzene rings is 2. The molecule has 1 unspecified atom stereocenters. The number of carbonyl (C=O) groups excluding carboxylic acids is 4. The van der Waals surface area contributed by atoms with Gasteiger partial charge >= 0.3 is 0 Å². The molecule has 2 N–H and O–H groups in total. The molecule has 0 bridgehead atoms. The van der Waals surface area contributed by atoms with Gasteiger partial charge in [0.25, 0.3) is 11.8 Å². The molecule has 2 atom stereocenters. The van der Waals surface area contributed by atoms with E-state index in [4.69, 9.17) is 25.3 Å². The van der Waals surface area contributed by atoms with Gasteiger partial charge in [0, 0.05) is 94.5 Å². The first-order valence-electron chi connectivity index (χ1n) is 26.2. The zero-order valence-electron chi connectivity index (χ0n) is 44.2. The van der Waals surface area contributed by atoms with Gasteiger partial charge < -0.3 is 24.7 Å². The lowest BCUT2D eigenvalue weighted by Crippen LogP contribution is -2.55. The van der Waals surface area contributed by atoms with Crippen molar-refractivity contribution in [1.82, 2.24) is 34.0 Å². The fraction of sp³-hybridized carbons (Fsp3) is 0.518. The maximum atomic E-state index is 13.6. The van der Waals surface area contributed by atoms with Crippen LogP contribution in [0.25, 0.3) is 33.1 Å². The Bertz CT molecular complexity index is 3020. The quantitative estimate of drug-likeness (QED) is 0.0322. The van der Waals surface area contributed by atoms with Crippen molar-refractivity contribution < 1.29 is 28.7 Å². The number of hydrogen-bond donors (Lipinski definition) is 1. The summed E-state index contributed by atoms with van der Waals surface area (Å²) >= 11 is 0. The van der Waals surface area contributed by atoms with E-state index in [1.807, 2.05) is 41.9 Å². The summed E-state index contributed by atoms with van der Waals surface area (Å²) in [5, 5.41) is 17.3. The third kappa shape index (κ3) is 12.0. The van der Waals surface area contributed by atoms with Crippen LogP contribution in [0.4, 0.5) is 0 Å². The molecule has 6 heterocycles. The number of unbranched alkanes of at least 4 members (excludes halogenated alkanes) is 5. The van der Waals surface area contributed by atoms with Crippen molar-refractivity contribution in [1.29, 1.82) is 5.26 Å². The van der Waals surface area contributed by atoms with Gasteiger partial charge in [-0.3, -0.25) is 38.6 Å². The molecule has 2 saturated heterocycles. The Morgan fingerprint density at radius 1 is 0.890 bits per heavy atom. The van der Waals surface area contributed by atoms with E-state index < -0.39 is 28.1 Å². The Hall–Kier alpha value is -5.96. The molecule has 4 amide bonds. The van der Waals surface area contributed by atoms with Gasteiger partial charge in [-0.05, 0) is 101 Å². The Morgan fingerprint density at radius 3 is 2.32 bits per heavy atom. The summed E-state index contributed by atoms with van der Waals surface area (Å²) in [6.45, 7) is 19.1. The minimum Gasteiger partial charge on any atom is -0.366 e. The van der Waals surface area contributed by atoms with Crippen molar-refractivity contribution in [2.45, 2.75) is 154 Å².